The normalized spacial score (nSPS) is 32.1. The van der Waals surface area contributed by atoms with E-state index in [0.717, 1.165) is 5.56 Å². The minimum Gasteiger partial charge on any atom is -0.473 e. The highest BCUT2D eigenvalue weighted by Crippen LogP contribution is 2.36. The van der Waals surface area contributed by atoms with Crippen LogP contribution in [0.2, 0.25) is 0 Å². The van der Waals surface area contributed by atoms with Crippen LogP contribution in [0.1, 0.15) is 25.0 Å². The van der Waals surface area contributed by atoms with Gasteiger partial charge in [-0.1, -0.05) is 18.2 Å². The van der Waals surface area contributed by atoms with E-state index in [9.17, 15) is 5.11 Å². The van der Waals surface area contributed by atoms with Crippen molar-refractivity contribution in [2.24, 2.45) is 5.73 Å². The molecule has 70 valence electrons. The molecule has 2 atom stereocenters. The molecule has 3 N–H and O–H groups in total. The van der Waals surface area contributed by atoms with Crippen molar-refractivity contribution in [1.82, 2.24) is 0 Å². The zero-order valence-electron chi connectivity index (χ0n) is 7.53. The molecule has 0 spiro atoms. The number of hydrogen-bond donors (Lipinski definition) is 2. The summed E-state index contributed by atoms with van der Waals surface area (Å²) in [6.45, 7) is 1.77. The van der Waals surface area contributed by atoms with E-state index in [1.54, 1.807) is 6.92 Å². The van der Waals surface area contributed by atoms with Crippen LogP contribution in [0.4, 0.5) is 0 Å². The van der Waals surface area contributed by atoms with Gasteiger partial charge in [0.05, 0.1) is 6.10 Å². The third-order valence-corrected chi connectivity index (χ3v) is 2.22. The Hall–Kier alpha value is -1.06. The van der Waals surface area contributed by atoms with Crippen LogP contribution >= 0.6 is 0 Å². The summed E-state index contributed by atoms with van der Waals surface area (Å²) in [7, 11) is 0. The second-order valence-corrected chi connectivity index (χ2v) is 3.67. The number of rotatable bonds is 0. The fourth-order valence-electron chi connectivity index (χ4n) is 1.64. The van der Waals surface area contributed by atoms with Crippen molar-refractivity contribution in [2.75, 3.05) is 0 Å². The van der Waals surface area contributed by atoms with E-state index in [2.05, 4.69) is 0 Å². The summed E-state index contributed by atoms with van der Waals surface area (Å²) in [5.74, 6) is 0.686. The van der Waals surface area contributed by atoms with Crippen LogP contribution in [0, 0.1) is 0 Å². The second kappa shape index (κ2) is 2.72. The van der Waals surface area contributed by atoms with Crippen molar-refractivity contribution < 1.29 is 9.84 Å². The molecule has 0 saturated carbocycles. The van der Waals surface area contributed by atoms with E-state index in [1.807, 2.05) is 24.3 Å². The third kappa shape index (κ3) is 1.53. The number of benzene rings is 1. The Balaban J connectivity index is 2.43. The van der Waals surface area contributed by atoms with Gasteiger partial charge in [-0.25, -0.2) is 0 Å². The highest BCUT2D eigenvalue weighted by molar-refractivity contribution is 5.37. The molecule has 0 radical (unpaired) electrons. The molecule has 0 fully saturated rings. The molecule has 3 nitrogen and oxygen atoms in total. The summed E-state index contributed by atoms with van der Waals surface area (Å²) >= 11 is 0. The summed E-state index contributed by atoms with van der Waals surface area (Å²) in [5.41, 5.74) is 5.87. The summed E-state index contributed by atoms with van der Waals surface area (Å²) in [4.78, 5) is 0. The first kappa shape index (κ1) is 8.53. The first-order chi connectivity index (χ1) is 6.08. The number of para-hydroxylation sites is 1. The maximum Gasteiger partial charge on any atom is 0.158 e. The van der Waals surface area contributed by atoms with Gasteiger partial charge in [0.25, 0.3) is 0 Å². The monoisotopic (exact) mass is 179 g/mol. The Morgan fingerprint density at radius 2 is 2.23 bits per heavy atom. The Morgan fingerprint density at radius 3 is 3.00 bits per heavy atom. The van der Waals surface area contributed by atoms with Gasteiger partial charge in [-0.3, -0.25) is 5.73 Å². The first-order valence-corrected chi connectivity index (χ1v) is 4.33. The van der Waals surface area contributed by atoms with Crippen LogP contribution in [0.25, 0.3) is 0 Å². The van der Waals surface area contributed by atoms with Gasteiger partial charge in [-0.2, -0.15) is 0 Å². The van der Waals surface area contributed by atoms with Gasteiger partial charge in [0.2, 0.25) is 0 Å². The molecule has 1 heterocycles. The third-order valence-electron chi connectivity index (χ3n) is 2.22. The maximum atomic E-state index is 9.74. The maximum absolute atomic E-state index is 9.74. The molecule has 0 saturated heterocycles. The van der Waals surface area contributed by atoms with E-state index < -0.39 is 11.8 Å². The van der Waals surface area contributed by atoms with Gasteiger partial charge in [0, 0.05) is 12.0 Å². The van der Waals surface area contributed by atoms with Crippen molar-refractivity contribution in [2.45, 2.75) is 25.2 Å². The zero-order valence-corrected chi connectivity index (χ0v) is 7.53. The lowest BCUT2D eigenvalue weighted by molar-refractivity contribution is 0.00310. The van der Waals surface area contributed by atoms with Crippen molar-refractivity contribution in [1.29, 1.82) is 0 Å². The van der Waals surface area contributed by atoms with Crippen molar-refractivity contribution in [3.63, 3.8) is 0 Å². The predicted molar refractivity (Wildman–Crippen MR) is 49.2 cm³/mol. The van der Waals surface area contributed by atoms with Gasteiger partial charge < -0.3 is 9.84 Å². The Labute approximate surface area is 77.1 Å². The highest BCUT2D eigenvalue weighted by Gasteiger charge is 2.32. The second-order valence-electron chi connectivity index (χ2n) is 3.67. The predicted octanol–water partition coefficient (Wildman–Crippen LogP) is 1.18. The zero-order chi connectivity index (χ0) is 9.47. The van der Waals surface area contributed by atoms with Gasteiger partial charge >= 0.3 is 0 Å². The molecule has 0 unspecified atom stereocenters. The fraction of sp³-hybridized carbons (Fsp3) is 0.400. The molecule has 2 rings (SSSR count). The van der Waals surface area contributed by atoms with E-state index in [0.29, 0.717) is 12.2 Å². The molecular weight excluding hydrogens is 166 g/mol. The summed E-state index contributed by atoms with van der Waals surface area (Å²) in [6, 6.07) is 7.43. The Bertz CT molecular complexity index is 322. The molecule has 0 amide bonds. The molecule has 1 aromatic rings. The molecule has 1 aliphatic rings. The van der Waals surface area contributed by atoms with E-state index in [-0.39, 0.29) is 0 Å². The fourth-order valence-corrected chi connectivity index (χ4v) is 1.64. The molecule has 0 aromatic heterocycles. The van der Waals surface area contributed by atoms with Crippen molar-refractivity contribution >= 4 is 0 Å². The number of nitrogens with two attached hydrogens (primary N) is 1. The number of aliphatic hydroxyl groups excluding tert-OH is 1. The molecule has 13 heavy (non-hydrogen) atoms. The van der Waals surface area contributed by atoms with Gasteiger partial charge in [0.1, 0.15) is 5.75 Å². The Morgan fingerprint density at radius 1 is 1.54 bits per heavy atom. The average molecular weight is 179 g/mol. The largest absolute Gasteiger partial charge is 0.473 e. The minimum atomic E-state index is -0.756. The lowest BCUT2D eigenvalue weighted by atomic mass is 9.97. The van der Waals surface area contributed by atoms with Gasteiger partial charge in [-0.15, -0.1) is 0 Å². The molecule has 3 heteroatoms. The average Bonchev–Trinajstić information content (AvgIpc) is 2.02. The number of fused-ring (bicyclic) bond motifs is 1. The first-order valence-electron chi connectivity index (χ1n) is 4.33. The van der Waals surface area contributed by atoms with Crippen LogP contribution in [-0.4, -0.2) is 10.8 Å². The minimum absolute atomic E-state index is 0.435. The number of aliphatic hydroxyl groups is 1. The Kier molecular flexibility index (Phi) is 1.78. The van der Waals surface area contributed by atoms with E-state index >= 15 is 0 Å². The van der Waals surface area contributed by atoms with Crippen molar-refractivity contribution in [3.8, 4) is 5.75 Å². The van der Waals surface area contributed by atoms with Crippen LogP contribution in [0.5, 0.6) is 5.75 Å². The molecule has 1 aliphatic heterocycles. The van der Waals surface area contributed by atoms with Crippen LogP contribution < -0.4 is 10.5 Å². The highest BCUT2D eigenvalue weighted by atomic mass is 16.5. The topological polar surface area (TPSA) is 55.5 Å². The van der Waals surface area contributed by atoms with E-state index in [1.165, 1.54) is 0 Å². The van der Waals surface area contributed by atoms with Gasteiger partial charge in [0.15, 0.2) is 5.72 Å². The standard InChI is InChI=1S/C10H13NO2/c1-10(11)6-8(12)7-4-2-3-5-9(7)13-10/h2-5,8,12H,6,11H2,1H3/t8-,10-/m1/s1. The van der Waals surface area contributed by atoms with E-state index in [4.69, 9.17) is 10.5 Å². The molecule has 1 aromatic carbocycles. The molecular formula is C10H13NO2. The van der Waals surface area contributed by atoms with Gasteiger partial charge in [-0.05, 0) is 13.0 Å². The van der Waals surface area contributed by atoms with Crippen LogP contribution in [0.3, 0.4) is 0 Å². The van der Waals surface area contributed by atoms with Crippen molar-refractivity contribution in [3.05, 3.63) is 29.8 Å². The lowest BCUT2D eigenvalue weighted by Gasteiger charge is -2.34. The van der Waals surface area contributed by atoms with Crippen LogP contribution in [0.15, 0.2) is 24.3 Å². The summed E-state index contributed by atoms with van der Waals surface area (Å²) in [6.07, 6.45) is -0.0794. The molecule has 0 aliphatic carbocycles. The SMILES string of the molecule is C[C@]1(N)C[C@@H](O)c2ccccc2O1. The quantitative estimate of drug-likeness (QED) is 0.628. The van der Waals surface area contributed by atoms with Crippen LogP contribution in [-0.2, 0) is 0 Å². The summed E-state index contributed by atoms with van der Waals surface area (Å²) < 4.78 is 5.51. The lowest BCUT2D eigenvalue weighted by Crippen LogP contribution is -2.46. The smallest absolute Gasteiger partial charge is 0.158 e. The molecule has 0 bridgehead atoms. The number of ether oxygens (including phenoxy) is 1. The summed E-state index contributed by atoms with van der Waals surface area (Å²) in [5, 5.41) is 9.74. The number of hydrogen-bond acceptors (Lipinski definition) is 3.